The molecule has 3 rings (SSSR count). The maximum atomic E-state index is 13.0. The minimum atomic E-state index is -0.337. The van der Waals surface area contributed by atoms with E-state index in [0.717, 1.165) is 5.56 Å². The van der Waals surface area contributed by atoms with Crippen LogP contribution in [0.4, 0.5) is 4.79 Å². The number of benzene rings is 2. The van der Waals surface area contributed by atoms with E-state index in [4.69, 9.17) is 25.8 Å². The number of hydrogen-bond acceptors (Lipinski definition) is 5. The van der Waals surface area contributed by atoms with Crippen molar-refractivity contribution >= 4 is 23.6 Å². The fourth-order valence-corrected chi connectivity index (χ4v) is 3.51. The Kier molecular flexibility index (Phi) is 8.00. The Hall–Kier alpha value is -2.93. The summed E-state index contributed by atoms with van der Waals surface area (Å²) in [6.45, 7) is 6.59. The van der Waals surface area contributed by atoms with Crippen molar-refractivity contribution in [3.63, 3.8) is 0 Å². The summed E-state index contributed by atoms with van der Waals surface area (Å²) in [7, 11) is 0. The summed E-state index contributed by atoms with van der Waals surface area (Å²) in [5.74, 6) is 1.23. The maximum Gasteiger partial charge on any atom is 0.409 e. The Morgan fingerprint density at radius 3 is 2.35 bits per heavy atom. The van der Waals surface area contributed by atoms with E-state index in [1.54, 1.807) is 47.1 Å². The number of rotatable bonds is 7. The molecule has 0 N–H and O–H groups in total. The Balaban J connectivity index is 1.69. The van der Waals surface area contributed by atoms with Crippen molar-refractivity contribution in [1.29, 1.82) is 0 Å². The standard InChI is InChI=1S/C23H27ClN2O5/c1-3-29-21-9-8-17(14-18(21)16-31-20-7-5-6-19(24)15-20)22(27)25-10-12-26(13-11-25)23(28)30-4-2/h5-9,14-15H,3-4,10-13,16H2,1-2H3. The lowest BCUT2D eigenvalue weighted by Crippen LogP contribution is -2.50. The van der Waals surface area contributed by atoms with Gasteiger partial charge < -0.3 is 24.0 Å². The third-order valence-corrected chi connectivity index (χ3v) is 5.13. The van der Waals surface area contributed by atoms with Crippen molar-refractivity contribution in [3.05, 3.63) is 58.6 Å². The van der Waals surface area contributed by atoms with Gasteiger partial charge in [-0.15, -0.1) is 0 Å². The van der Waals surface area contributed by atoms with Crippen molar-refractivity contribution in [2.75, 3.05) is 39.4 Å². The van der Waals surface area contributed by atoms with Crippen LogP contribution in [0.2, 0.25) is 5.02 Å². The van der Waals surface area contributed by atoms with E-state index in [1.807, 2.05) is 19.1 Å². The largest absolute Gasteiger partial charge is 0.493 e. The molecule has 8 heteroatoms. The van der Waals surface area contributed by atoms with Crippen LogP contribution in [0.3, 0.4) is 0 Å². The molecule has 1 saturated heterocycles. The Morgan fingerprint density at radius 2 is 1.68 bits per heavy atom. The fraction of sp³-hybridized carbons (Fsp3) is 0.391. The van der Waals surface area contributed by atoms with Crippen LogP contribution < -0.4 is 9.47 Å². The van der Waals surface area contributed by atoms with Crippen molar-refractivity contribution < 1.29 is 23.8 Å². The van der Waals surface area contributed by atoms with Gasteiger partial charge >= 0.3 is 6.09 Å². The predicted molar refractivity (Wildman–Crippen MR) is 118 cm³/mol. The molecule has 1 heterocycles. The number of carbonyl (C=O) groups excluding carboxylic acids is 2. The lowest BCUT2D eigenvalue weighted by atomic mass is 10.1. The second kappa shape index (κ2) is 10.9. The zero-order valence-corrected chi connectivity index (χ0v) is 18.6. The van der Waals surface area contributed by atoms with Gasteiger partial charge in [-0.3, -0.25) is 4.79 Å². The highest BCUT2D eigenvalue weighted by Crippen LogP contribution is 2.25. The molecule has 166 valence electrons. The summed E-state index contributed by atoms with van der Waals surface area (Å²) >= 11 is 6.02. The van der Waals surface area contributed by atoms with Crippen LogP contribution in [0, 0.1) is 0 Å². The molecule has 0 aliphatic carbocycles. The highest BCUT2D eigenvalue weighted by atomic mass is 35.5. The van der Waals surface area contributed by atoms with E-state index in [1.165, 1.54) is 0 Å². The molecule has 31 heavy (non-hydrogen) atoms. The molecule has 1 fully saturated rings. The Morgan fingerprint density at radius 1 is 0.935 bits per heavy atom. The molecular formula is C23H27ClN2O5. The van der Waals surface area contributed by atoms with E-state index >= 15 is 0 Å². The fourth-order valence-electron chi connectivity index (χ4n) is 3.33. The van der Waals surface area contributed by atoms with Crippen LogP contribution in [0.1, 0.15) is 29.8 Å². The molecule has 7 nitrogen and oxygen atoms in total. The average molecular weight is 447 g/mol. The molecule has 0 aromatic heterocycles. The summed E-state index contributed by atoms with van der Waals surface area (Å²) in [6, 6.07) is 12.5. The molecular weight excluding hydrogens is 420 g/mol. The molecule has 0 atom stereocenters. The van der Waals surface area contributed by atoms with Gasteiger partial charge in [0.25, 0.3) is 5.91 Å². The van der Waals surface area contributed by atoms with Crippen molar-refractivity contribution in [2.45, 2.75) is 20.5 Å². The first kappa shape index (κ1) is 22.7. The van der Waals surface area contributed by atoms with Crippen LogP contribution in [-0.4, -0.2) is 61.2 Å². The molecule has 0 bridgehead atoms. The third-order valence-electron chi connectivity index (χ3n) is 4.89. The van der Waals surface area contributed by atoms with Gasteiger partial charge in [0.05, 0.1) is 13.2 Å². The number of ether oxygens (including phenoxy) is 3. The van der Waals surface area contributed by atoms with Gasteiger partial charge in [0.1, 0.15) is 18.1 Å². The first-order valence-corrected chi connectivity index (χ1v) is 10.7. The zero-order chi connectivity index (χ0) is 22.2. The molecule has 1 aliphatic rings. The molecule has 2 aromatic rings. The van der Waals surface area contributed by atoms with Crippen molar-refractivity contribution in [3.8, 4) is 11.5 Å². The number of halogens is 1. The Labute approximate surface area is 187 Å². The quantitative estimate of drug-likeness (QED) is 0.636. The summed E-state index contributed by atoms with van der Waals surface area (Å²) in [6.07, 6.45) is -0.337. The van der Waals surface area contributed by atoms with Crippen LogP contribution in [-0.2, 0) is 11.3 Å². The van der Waals surface area contributed by atoms with E-state index < -0.39 is 0 Å². The first-order chi connectivity index (χ1) is 15.0. The smallest absolute Gasteiger partial charge is 0.409 e. The minimum Gasteiger partial charge on any atom is -0.493 e. The average Bonchev–Trinajstić information content (AvgIpc) is 2.78. The second-order valence-electron chi connectivity index (χ2n) is 6.98. The number of hydrogen-bond donors (Lipinski definition) is 0. The summed E-state index contributed by atoms with van der Waals surface area (Å²) in [5, 5.41) is 0.591. The van der Waals surface area contributed by atoms with Gasteiger partial charge in [0.2, 0.25) is 0 Å². The molecule has 0 saturated carbocycles. The summed E-state index contributed by atoms with van der Waals surface area (Å²) in [5.41, 5.74) is 1.33. The van der Waals surface area contributed by atoms with Gasteiger partial charge in [-0.1, -0.05) is 17.7 Å². The van der Waals surface area contributed by atoms with Gasteiger partial charge in [0, 0.05) is 42.3 Å². The molecule has 0 radical (unpaired) electrons. The monoisotopic (exact) mass is 446 g/mol. The zero-order valence-electron chi connectivity index (χ0n) is 17.8. The van der Waals surface area contributed by atoms with Gasteiger partial charge in [-0.2, -0.15) is 0 Å². The number of carbonyl (C=O) groups is 2. The predicted octanol–water partition coefficient (Wildman–Crippen LogP) is 4.23. The van der Waals surface area contributed by atoms with Crippen LogP contribution in [0.15, 0.2) is 42.5 Å². The van der Waals surface area contributed by atoms with E-state index in [9.17, 15) is 9.59 Å². The lowest BCUT2D eigenvalue weighted by Gasteiger charge is -2.34. The highest BCUT2D eigenvalue weighted by Gasteiger charge is 2.26. The van der Waals surface area contributed by atoms with Gasteiger partial charge in [-0.25, -0.2) is 4.79 Å². The van der Waals surface area contributed by atoms with Gasteiger partial charge in [-0.05, 0) is 50.2 Å². The molecule has 0 unspecified atom stereocenters. The number of nitrogens with zero attached hydrogens (tertiary/aromatic N) is 2. The van der Waals surface area contributed by atoms with Crippen molar-refractivity contribution in [1.82, 2.24) is 9.80 Å². The number of amides is 2. The maximum absolute atomic E-state index is 13.0. The Bertz CT molecular complexity index is 913. The van der Waals surface area contributed by atoms with Crippen LogP contribution in [0.25, 0.3) is 0 Å². The van der Waals surface area contributed by atoms with E-state index in [2.05, 4.69) is 0 Å². The van der Waals surface area contributed by atoms with Crippen LogP contribution in [0.5, 0.6) is 11.5 Å². The van der Waals surface area contributed by atoms with E-state index in [0.29, 0.717) is 61.5 Å². The SMILES string of the molecule is CCOC(=O)N1CCN(C(=O)c2ccc(OCC)c(COc3cccc(Cl)c3)c2)CC1. The molecule has 2 aromatic carbocycles. The number of piperazine rings is 1. The summed E-state index contributed by atoms with van der Waals surface area (Å²) in [4.78, 5) is 28.3. The topological polar surface area (TPSA) is 68.3 Å². The summed E-state index contributed by atoms with van der Waals surface area (Å²) < 4.78 is 16.6. The molecule has 0 spiro atoms. The third kappa shape index (κ3) is 6.04. The first-order valence-electron chi connectivity index (χ1n) is 10.4. The van der Waals surface area contributed by atoms with Gasteiger partial charge in [0.15, 0.2) is 0 Å². The molecule has 2 amide bonds. The second-order valence-corrected chi connectivity index (χ2v) is 7.42. The van der Waals surface area contributed by atoms with Crippen LogP contribution >= 0.6 is 11.6 Å². The minimum absolute atomic E-state index is 0.0874. The normalized spacial score (nSPS) is 13.6. The highest BCUT2D eigenvalue weighted by molar-refractivity contribution is 6.30. The van der Waals surface area contributed by atoms with E-state index in [-0.39, 0.29) is 18.6 Å². The molecule has 1 aliphatic heterocycles. The lowest BCUT2D eigenvalue weighted by molar-refractivity contribution is 0.0570. The van der Waals surface area contributed by atoms with Crippen molar-refractivity contribution in [2.24, 2.45) is 0 Å².